The molecular weight excluding hydrogens is 236 g/mol. The van der Waals surface area contributed by atoms with E-state index in [-0.39, 0.29) is 22.9 Å². The first-order valence-corrected chi connectivity index (χ1v) is 6.36. The third kappa shape index (κ3) is 3.97. The maximum absolute atomic E-state index is 11.1. The van der Waals surface area contributed by atoms with Crippen molar-refractivity contribution in [2.45, 2.75) is 31.1 Å². The van der Waals surface area contributed by atoms with Crippen LogP contribution in [0.25, 0.3) is 0 Å². The monoisotopic (exact) mass is 254 g/mol. The second-order valence-electron chi connectivity index (χ2n) is 4.80. The highest BCUT2D eigenvalue weighted by atomic mass is 32.2. The fourth-order valence-electron chi connectivity index (χ4n) is 1.29. The van der Waals surface area contributed by atoms with Gasteiger partial charge in [-0.3, -0.25) is 4.79 Å². The normalized spacial score (nSPS) is 11.3. The number of rotatable bonds is 3. The third-order valence-electron chi connectivity index (χ3n) is 2.40. The predicted molar refractivity (Wildman–Crippen MR) is 69.5 cm³/mol. The fourth-order valence-corrected chi connectivity index (χ4v) is 2.11. The molecule has 0 saturated heterocycles. The van der Waals surface area contributed by atoms with E-state index in [4.69, 9.17) is 0 Å². The highest BCUT2D eigenvalue weighted by molar-refractivity contribution is 8.00. The highest BCUT2D eigenvalue weighted by Gasteiger charge is 2.16. The van der Waals surface area contributed by atoms with Crippen molar-refractivity contribution in [2.24, 2.45) is 0 Å². The molecule has 1 N–H and O–H groups in total. The van der Waals surface area contributed by atoms with Gasteiger partial charge in [0.2, 0.25) is 0 Å². The zero-order valence-corrected chi connectivity index (χ0v) is 11.4. The summed E-state index contributed by atoms with van der Waals surface area (Å²) in [6, 6.07) is 5.49. The number of methoxy groups -OCH3 is 1. The lowest BCUT2D eigenvalue weighted by atomic mass is 9.87. The maximum atomic E-state index is 11.1. The lowest BCUT2D eigenvalue weighted by Crippen LogP contribution is -2.11. The molecule has 1 rings (SSSR count). The minimum Gasteiger partial charge on any atom is -0.507 e. The standard InChI is InChI=1S/C13H18O3S/c1-13(2,3)9-5-6-10(14)11(7-9)17-8-12(15)16-4/h5-7,14H,8H2,1-4H3. The highest BCUT2D eigenvalue weighted by Crippen LogP contribution is 2.33. The second kappa shape index (κ2) is 5.45. The van der Waals surface area contributed by atoms with Crippen molar-refractivity contribution in [3.05, 3.63) is 23.8 Å². The Morgan fingerprint density at radius 3 is 2.59 bits per heavy atom. The average molecular weight is 254 g/mol. The van der Waals surface area contributed by atoms with Crippen LogP contribution < -0.4 is 0 Å². The zero-order valence-electron chi connectivity index (χ0n) is 10.6. The van der Waals surface area contributed by atoms with Gasteiger partial charge in [-0.15, -0.1) is 11.8 Å². The molecular formula is C13H18O3S. The van der Waals surface area contributed by atoms with Gasteiger partial charge in [-0.2, -0.15) is 0 Å². The number of carbonyl (C=O) groups excluding carboxylic acids is 1. The van der Waals surface area contributed by atoms with Crippen molar-refractivity contribution in [1.29, 1.82) is 0 Å². The van der Waals surface area contributed by atoms with E-state index in [1.54, 1.807) is 6.07 Å². The molecule has 0 radical (unpaired) electrons. The SMILES string of the molecule is COC(=O)CSc1cc(C(C)(C)C)ccc1O. The molecule has 0 spiro atoms. The molecule has 3 nitrogen and oxygen atoms in total. The van der Waals surface area contributed by atoms with Gasteiger partial charge in [0.15, 0.2) is 0 Å². The number of aromatic hydroxyl groups is 1. The van der Waals surface area contributed by atoms with E-state index in [0.717, 1.165) is 5.56 Å². The van der Waals surface area contributed by atoms with Gasteiger partial charge in [0.1, 0.15) is 5.75 Å². The van der Waals surface area contributed by atoms with Crippen LogP contribution in [-0.4, -0.2) is 23.9 Å². The number of carbonyl (C=O) groups is 1. The van der Waals surface area contributed by atoms with E-state index in [1.165, 1.54) is 18.9 Å². The van der Waals surface area contributed by atoms with E-state index in [9.17, 15) is 9.90 Å². The zero-order chi connectivity index (χ0) is 13.1. The number of hydrogen-bond donors (Lipinski definition) is 1. The Hall–Kier alpha value is -1.16. The van der Waals surface area contributed by atoms with Crippen LogP contribution in [0, 0.1) is 0 Å². The Balaban J connectivity index is 2.88. The number of hydrogen-bond acceptors (Lipinski definition) is 4. The first kappa shape index (κ1) is 13.9. The summed E-state index contributed by atoms with van der Waals surface area (Å²) in [6.45, 7) is 6.32. The van der Waals surface area contributed by atoms with Crippen molar-refractivity contribution in [3.8, 4) is 5.75 Å². The van der Waals surface area contributed by atoms with Crippen LogP contribution in [0.1, 0.15) is 26.3 Å². The van der Waals surface area contributed by atoms with E-state index < -0.39 is 0 Å². The fraction of sp³-hybridized carbons (Fsp3) is 0.462. The van der Waals surface area contributed by atoms with E-state index in [1.807, 2.05) is 12.1 Å². The molecule has 0 atom stereocenters. The minimum absolute atomic E-state index is 0.0221. The molecule has 0 aliphatic heterocycles. The maximum Gasteiger partial charge on any atom is 0.315 e. The molecule has 1 aromatic rings. The van der Waals surface area contributed by atoms with Gasteiger partial charge < -0.3 is 9.84 Å². The van der Waals surface area contributed by atoms with E-state index in [2.05, 4.69) is 25.5 Å². The summed E-state index contributed by atoms with van der Waals surface area (Å²) < 4.78 is 4.57. The molecule has 0 fully saturated rings. The summed E-state index contributed by atoms with van der Waals surface area (Å²) in [7, 11) is 1.36. The molecule has 0 aliphatic rings. The van der Waals surface area contributed by atoms with Gasteiger partial charge in [0.25, 0.3) is 0 Å². The summed E-state index contributed by atoms with van der Waals surface area (Å²) in [4.78, 5) is 11.8. The Kier molecular flexibility index (Phi) is 4.46. The van der Waals surface area contributed by atoms with Crippen molar-refractivity contribution in [1.82, 2.24) is 0 Å². The number of thioether (sulfide) groups is 1. The lowest BCUT2D eigenvalue weighted by Gasteiger charge is -2.20. The summed E-state index contributed by atoms with van der Waals surface area (Å²) in [5.41, 5.74) is 1.15. The summed E-state index contributed by atoms with van der Waals surface area (Å²) in [5.74, 6) is 0.111. The van der Waals surface area contributed by atoms with E-state index in [0.29, 0.717) is 4.90 Å². The quantitative estimate of drug-likeness (QED) is 0.665. The van der Waals surface area contributed by atoms with Crippen molar-refractivity contribution in [3.63, 3.8) is 0 Å². The molecule has 17 heavy (non-hydrogen) atoms. The van der Waals surface area contributed by atoms with Crippen molar-refractivity contribution < 1.29 is 14.6 Å². The molecule has 1 aromatic carbocycles. The molecule has 0 amide bonds. The molecule has 0 aromatic heterocycles. The van der Waals surface area contributed by atoms with Crippen LogP contribution >= 0.6 is 11.8 Å². The van der Waals surface area contributed by atoms with Crippen LogP contribution in [-0.2, 0) is 14.9 Å². The largest absolute Gasteiger partial charge is 0.507 e. The van der Waals surface area contributed by atoms with Crippen LogP contribution in [0.3, 0.4) is 0 Å². The molecule has 0 aliphatic carbocycles. The Bertz CT molecular complexity index is 408. The van der Waals surface area contributed by atoms with Crippen LogP contribution in [0.5, 0.6) is 5.75 Å². The van der Waals surface area contributed by atoms with E-state index >= 15 is 0 Å². The molecule has 94 valence electrons. The van der Waals surface area contributed by atoms with Crippen molar-refractivity contribution >= 4 is 17.7 Å². The number of benzene rings is 1. The molecule has 0 saturated carbocycles. The molecule has 0 unspecified atom stereocenters. The number of phenolic OH excluding ortho intramolecular Hbond substituents is 1. The Morgan fingerprint density at radius 1 is 1.41 bits per heavy atom. The van der Waals surface area contributed by atoms with Crippen molar-refractivity contribution in [2.75, 3.05) is 12.9 Å². The molecule has 0 bridgehead atoms. The summed E-state index contributed by atoms with van der Waals surface area (Å²) in [6.07, 6.45) is 0. The number of phenols is 1. The first-order valence-electron chi connectivity index (χ1n) is 5.37. The van der Waals surface area contributed by atoms with Gasteiger partial charge in [-0.1, -0.05) is 26.8 Å². The summed E-state index contributed by atoms with van der Waals surface area (Å²) in [5, 5.41) is 9.71. The van der Waals surface area contributed by atoms with Gasteiger partial charge in [-0.25, -0.2) is 0 Å². The topological polar surface area (TPSA) is 46.5 Å². The van der Waals surface area contributed by atoms with Gasteiger partial charge in [-0.05, 0) is 23.1 Å². The number of ether oxygens (including phenoxy) is 1. The lowest BCUT2D eigenvalue weighted by molar-refractivity contribution is -0.137. The third-order valence-corrected chi connectivity index (χ3v) is 3.42. The van der Waals surface area contributed by atoms with Gasteiger partial charge >= 0.3 is 5.97 Å². The second-order valence-corrected chi connectivity index (χ2v) is 5.81. The van der Waals surface area contributed by atoms with Gasteiger partial charge in [0.05, 0.1) is 12.9 Å². The molecule has 4 heteroatoms. The minimum atomic E-state index is -0.296. The van der Waals surface area contributed by atoms with Crippen LogP contribution in [0.15, 0.2) is 23.1 Å². The predicted octanol–water partition coefficient (Wildman–Crippen LogP) is 2.95. The summed E-state index contributed by atoms with van der Waals surface area (Å²) >= 11 is 1.29. The number of esters is 1. The Labute approximate surface area is 106 Å². The first-order chi connectivity index (χ1) is 7.84. The molecule has 0 heterocycles. The smallest absolute Gasteiger partial charge is 0.315 e. The van der Waals surface area contributed by atoms with Crippen LogP contribution in [0.4, 0.5) is 0 Å². The van der Waals surface area contributed by atoms with Gasteiger partial charge in [0, 0.05) is 4.90 Å². The Morgan fingerprint density at radius 2 is 2.06 bits per heavy atom. The van der Waals surface area contributed by atoms with Crippen LogP contribution in [0.2, 0.25) is 0 Å². The average Bonchev–Trinajstić information content (AvgIpc) is 2.26.